The number of carbonyl (C=O) groups excluding carboxylic acids is 1. The van der Waals surface area contributed by atoms with Crippen molar-refractivity contribution in [2.24, 2.45) is 5.92 Å². The maximum Gasteiger partial charge on any atom is 0.262 e. The first-order valence-electron chi connectivity index (χ1n) is 9.67. The van der Waals surface area contributed by atoms with E-state index in [0.717, 1.165) is 37.1 Å². The van der Waals surface area contributed by atoms with Crippen LogP contribution in [0.4, 0.5) is 5.69 Å². The van der Waals surface area contributed by atoms with Crippen LogP contribution in [0.25, 0.3) is 0 Å². The average molecular weight is 401 g/mol. The summed E-state index contributed by atoms with van der Waals surface area (Å²) >= 11 is 0. The first-order chi connectivity index (χ1) is 13.2. The molecule has 1 N–H and O–H groups in total. The van der Waals surface area contributed by atoms with Gasteiger partial charge in [-0.05, 0) is 80.5 Å². The Kier molecular flexibility index (Phi) is 5.79. The van der Waals surface area contributed by atoms with Crippen LogP contribution in [0.3, 0.4) is 0 Å². The molecule has 0 aliphatic carbocycles. The van der Waals surface area contributed by atoms with Gasteiger partial charge in [-0.25, -0.2) is 8.42 Å². The summed E-state index contributed by atoms with van der Waals surface area (Å²) in [5, 5.41) is 0. The number of sulfonamides is 1. The summed E-state index contributed by atoms with van der Waals surface area (Å²) in [6.45, 7) is 9.17. The number of aryl methyl sites for hydroxylation is 3. The molecular formula is C22H28N2O3S. The zero-order valence-corrected chi connectivity index (χ0v) is 17.8. The zero-order valence-electron chi connectivity index (χ0n) is 17.0. The van der Waals surface area contributed by atoms with E-state index in [9.17, 15) is 13.2 Å². The number of benzene rings is 2. The summed E-state index contributed by atoms with van der Waals surface area (Å²) in [6, 6.07) is 10.5. The van der Waals surface area contributed by atoms with Crippen molar-refractivity contribution in [3.05, 3.63) is 58.7 Å². The molecule has 0 saturated carbocycles. The van der Waals surface area contributed by atoms with Crippen molar-refractivity contribution in [1.29, 1.82) is 0 Å². The normalized spacial score (nSPS) is 17.4. The van der Waals surface area contributed by atoms with Crippen LogP contribution in [-0.4, -0.2) is 32.3 Å². The molecule has 2 aromatic rings. The van der Waals surface area contributed by atoms with Gasteiger partial charge >= 0.3 is 0 Å². The molecule has 5 nitrogen and oxygen atoms in total. The highest BCUT2D eigenvalue weighted by Gasteiger charge is 2.24. The van der Waals surface area contributed by atoms with Crippen molar-refractivity contribution >= 4 is 21.6 Å². The standard InChI is InChI=1S/C22H28N2O3S/c1-15-6-5-9-24(14-15)22(25)19-8-7-18(4)21(13-19)28(26,27)23-20-11-16(2)10-17(3)12-20/h7-8,10-13,15,23H,5-6,9,14H2,1-4H3. The molecule has 150 valence electrons. The number of rotatable bonds is 4. The molecule has 0 aromatic heterocycles. The monoisotopic (exact) mass is 400 g/mol. The number of piperidine rings is 1. The van der Waals surface area contributed by atoms with Crippen LogP contribution in [0.5, 0.6) is 0 Å². The number of amides is 1. The fourth-order valence-corrected chi connectivity index (χ4v) is 5.13. The fraction of sp³-hybridized carbons (Fsp3) is 0.409. The number of hydrogen-bond acceptors (Lipinski definition) is 3. The van der Waals surface area contributed by atoms with E-state index in [0.29, 0.717) is 22.7 Å². The van der Waals surface area contributed by atoms with Gasteiger partial charge in [0, 0.05) is 24.3 Å². The first kappa shape index (κ1) is 20.4. The molecule has 0 spiro atoms. The lowest BCUT2D eigenvalue weighted by atomic mass is 9.99. The van der Waals surface area contributed by atoms with Crippen LogP contribution in [0.1, 0.15) is 46.8 Å². The van der Waals surface area contributed by atoms with Gasteiger partial charge in [-0.3, -0.25) is 9.52 Å². The second-order valence-electron chi connectivity index (χ2n) is 7.96. The average Bonchev–Trinajstić information content (AvgIpc) is 2.60. The molecule has 0 radical (unpaired) electrons. The molecule has 1 aliphatic rings. The third-order valence-electron chi connectivity index (χ3n) is 5.14. The molecule has 2 aromatic carbocycles. The SMILES string of the molecule is Cc1cc(C)cc(NS(=O)(=O)c2cc(C(=O)N3CCCC(C)C3)ccc2C)c1. The molecule has 6 heteroatoms. The molecule has 1 aliphatic heterocycles. The third kappa shape index (κ3) is 4.55. The molecule has 28 heavy (non-hydrogen) atoms. The van der Waals surface area contributed by atoms with E-state index in [1.165, 1.54) is 6.07 Å². The van der Waals surface area contributed by atoms with Gasteiger partial charge in [0.05, 0.1) is 4.90 Å². The number of nitrogens with one attached hydrogen (secondary N) is 1. The van der Waals surface area contributed by atoms with Crippen LogP contribution in [0, 0.1) is 26.7 Å². The summed E-state index contributed by atoms with van der Waals surface area (Å²) in [5.74, 6) is 0.368. The van der Waals surface area contributed by atoms with Crippen molar-refractivity contribution in [3.63, 3.8) is 0 Å². The van der Waals surface area contributed by atoms with Gasteiger partial charge in [-0.15, -0.1) is 0 Å². The second kappa shape index (κ2) is 7.95. The third-order valence-corrected chi connectivity index (χ3v) is 6.67. The van der Waals surface area contributed by atoms with E-state index in [1.807, 2.05) is 24.8 Å². The Morgan fingerprint density at radius 2 is 1.75 bits per heavy atom. The van der Waals surface area contributed by atoms with Crippen molar-refractivity contribution in [3.8, 4) is 0 Å². The number of likely N-dealkylation sites (tertiary alicyclic amines) is 1. The summed E-state index contributed by atoms with van der Waals surface area (Å²) in [4.78, 5) is 14.9. The van der Waals surface area contributed by atoms with Gasteiger partial charge in [0.15, 0.2) is 0 Å². The molecule has 0 bridgehead atoms. The lowest BCUT2D eigenvalue weighted by molar-refractivity contribution is 0.0683. The lowest BCUT2D eigenvalue weighted by Crippen LogP contribution is -2.39. The largest absolute Gasteiger partial charge is 0.338 e. The van der Waals surface area contributed by atoms with Crippen molar-refractivity contribution in [2.45, 2.75) is 45.4 Å². The highest BCUT2D eigenvalue weighted by molar-refractivity contribution is 7.92. The van der Waals surface area contributed by atoms with Crippen molar-refractivity contribution < 1.29 is 13.2 Å². The summed E-state index contributed by atoms with van der Waals surface area (Å²) in [6.07, 6.45) is 2.11. The minimum Gasteiger partial charge on any atom is -0.338 e. The Morgan fingerprint density at radius 3 is 2.39 bits per heavy atom. The number of carbonyl (C=O) groups is 1. The molecule has 1 fully saturated rings. The molecule has 1 atom stereocenters. The minimum atomic E-state index is -3.80. The van der Waals surface area contributed by atoms with Gasteiger partial charge in [-0.2, -0.15) is 0 Å². The quantitative estimate of drug-likeness (QED) is 0.833. The summed E-state index contributed by atoms with van der Waals surface area (Å²) in [5.41, 5.74) is 3.52. The Bertz CT molecular complexity index is 979. The molecule has 1 heterocycles. The highest BCUT2D eigenvalue weighted by atomic mass is 32.2. The van der Waals surface area contributed by atoms with Crippen molar-refractivity contribution in [2.75, 3.05) is 17.8 Å². The molecule has 1 unspecified atom stereocenters. The van der Waals surface area contributed by atoms with E-state index >= 15 is 0 Å². The Morgan fingerprint density at radius 1 is 1.07 bits per heavy atom. The van der Waals surface area contributed by atoms with Gasteiger partial charge in [0.1, 0.15) is 0 Å². The van der Waals surface area contributed by atoms with E-state index < -0.39 is 10.0 Å². The predicted octanol–water partition coefficient (Wildman–Crippen LogP) is 4.28. The van der Waals surface area contributed by atoms with E-state index in [-0.39, 0.29) is 10.8 Å². The molecular weight excluding hydrogens is 372 g/mol. The summed E-state index contributed by atoms with van der Waals surface area (Å²) in [7, 11) is -3.80. The molecule has 1 amide bonds. The zero-order chi connectivity index (χ0) is 20.5. The van der Waals surface area contributed by atoms with Gasteiger partial charge in [0.25, 0.3) is 15.9 Å². The van der Waals surface area contributed by atoms with Crippen molar-refractivity contribution in [1.82, 2.24) is 4.90 Å². The second-order valence-corrected chi connectivity index (χ2v) is 9.61. The Balaban J connectivity index is 1.90. The Hall–Kier alpha value is -2.34. The first-order valence-corrected chi connectivity index (χ1v) is 11.1. The number of hydrogen-bond donors (Lipinski definition) is 1. The smallest absolute Gasteiger partial charge is 0.262 e. The van der Waals surface area contributed by atoms with Crippen LogP contribution < -0.4 is 4.72 Å². The fourth-order valence-electron chi connectivity index (χ4n) is 3.82. The van der Waals surface area contributed by atoms with E-state index in [1.54, 1.807) is 31.2 Å². The van der Waals surface area contributed by atoms with Crippen LogP contribution in [-0.2, 0) is 10.0 Å². The van der Waals surface area contributed by atoms with E-state index in [4.69, 9.17) is 0 Å². The maximum atomic E-state index is 13.0. The number of anilines is 1. The minimum absolute atomic E-state index is 0.102. The molecule has 1 saturated heterocycles. The predicted molar refractivity (Wildman–Crippen MR) is 112 cm³/mol. The van der Waals surface area contributed by atoms with Gasteiger partial charge in [0.2, 0.25) is 0 Å². The summed E-state index contributed by atoms with van der Waals surface area (Å²) < 4.78 is 28.7. The lowest BCUT2D eigenvalue weighted by Gasteiger charge is -2.31. The highest BCUT2D eigenvalue weighted by Crippen LogP contribution is 2.24. The topological polar surface area (TPSA) is 66.5 Å². The van der Waals surface area contributed by atoms with Crippen LogP contribution in [0.15, 0.2) is 41.3 Å². The van der Waals surface area contributed by atoms with Crippen LogP contribution >= 0.6 is 0 Å². The Labute approximate surface area is 167 Å². The van der Waals surface area contributed by atoms with Crippen LogP contribution in [0.2, 0.25) is 0 Å². The van der Waals surface area contributed by atoms with Gasteiger partial charge in [-0.1, -0.05) is 19.1 Å². The maximum absolute atomic E-state index is 13.0. The molecule has 3 rings (SSSR count). The van der Waals surface area contributed by atoms with E-state index in [2.05, 4.69) is 11.6 Å². The van der Waals surface area contributed by atoms with Gasteiger partial charge < -0.3 is 4.90 Å². The number of nitrogens with zero attached hydrogens (tertiary/aromatic N) is 1.